The van der Waals surface area contributed by atoms with Crippen LogP contribution in [0, 0.1) is 0 Å². The topological polar surface area (TPSA) is 76.4 Å². The van der Waals surface area contributed by atoms with E-state index in [1.807, 2.05) is 0 Å². The molecule has 0 unspecified atom stereocenters. The van der Waals surface area contributed by atoms with Crippen LogP contribution < -0.4 is 0 Å². The molecule has 0 bridgehead atoms. The highest BCUT2D eigenvalue weighted by Crippen LogP contribution is 2.18. The van der Waals surface area contributed by atoms with E-state index in [1.165, 1.54) is 6.07 Å². The number of hydrogen-bond donors (Lipinski definition) is 1. The normalized spacial score (nSPS) is 18.9. The molecule has 1 aromatic heterocycles. The highest BCUT2D eigenvalue weighted by molar-refractivity contribution is 7.90. The van der Waals surface area contributed by atoms with Crippen molar-refractivity contribution in [3.05, 3.63) is 23.5 Å². The number of rotatable bonds is 1. The predicted octanol–water partition coefficient (Wildman–Crippen LogP) is 0.115. The van der Waals surface area contributed by atoms with Crippen molar-refractivity contribution >= 4 is 15.8 Å². The Morgan fingerprint density at radius 2 is 2.14 bits per heavy atom. The summed E-state index contributed by atoms with van der Waals surface area (Å²) in [7, 11) is -3.02. The summed E-state index contributed by atoms with van der Waals surface area (Å²) >= 11 is 0. The number of carboxylic acids is 1. The summed E-state index contributed by atoms with van der Waals surface area (Å²) < 4.78 is 24.0. The average molecular weight is 215 g/mol. The van der Waals surface area contributed by atoms with E-state index in [9.17, 15) is 13.2 Å². The average Bonchev–Trinajstić information content (AvgIpc) is 2.44. The van der Waals surface area contributed by atoms with Crippen LogP contribution in [-0.2, 0) is 22.1 Å². The van der Waals surface area contributed by atoms with Crippen molar-refractivity contribution in [2.75, 3.05) is 5.75 Å². The zero-order valence-electron chi connectivity index (χ0n) is 7.30. The Hall–Kier alpha value is -1.30. The summed E-state index contributed by atoms with van der Waals surface area (Å²) in [6.07, 6.45) is 0. The molecule has 76 valence electrons. The monoisotopic (exact) mass is 215 g/mol. The lowest BCUT2D eigenvalue weighted by atomic mass is 10.4. The summed E-state index contributed by atoms with van der Waals surface area (Å²) in [5.41, 5.74) is 0.726. The van der Waals surface area contributed by atoms with Gasteiger partial charge in [0.25, 0.3) is 0 Å². The summed E-state index contributed by atoms with van der Waals surface area (Å²) in [6.45, 7) is 0.242. The van der Waals surface area contributed by atoms with Gasteiger partial charge in [0.2, 0.25) is 0 Å². The van der Waals surface area contributed by atoms with Gasteiger partial charge in [-0.15, -0.1) is 0 Å². The highest BCUT2D eigenvalue weighted by atomic mass is 32.2. The summed E-state index contributed by atoms with van der Waals surface area (Å²) in [5.74, 6) is -1.05. The summed E-state index contributed by atoms with van der Waals surface area (Å²) in [6, 6.07) is 3.00. The van der Waals surface area contributed by atoms with E-state index < -0.39 is 15.8 Å². The van der Waals surface area contributed by atoms with Crippen molar-refractivity contribution in [1.82, 2.24) is 4.57 Å². The number of carboxylic acid groups (broad SMARTS) is 1. The van der Waals surface area contributed by atoms with E-state index in [0.29, 0.717) is 5.69 Å². The first-order valence-corrected chi connectivity index (χ1v) is 5.94. The summed E-state index contributed by atoms with van der Waals surface area (Å²) in [5, 5.41) is 8.79. The molecule has 0 aromatic carbocycles. The van der Waals surface area contributed by atoms with Crippen LogP contribution in [0.2, 0.25) is 0 Å². The Bertz CT molecular complexity index is 485. The van der Waals surface area contributed by atoms with Crippen LogP contribution in [0.25, 0.3) is 0 Å². The van der Waals surface area contributed by atoms with Gasteiger partial charge in [-0.3, -0.25) is 0 Å². The third-order valence-corrected chi connectivity index (χ3v) is 3.82. The van der Waals surface area contributed by atoms with Crippen LogP contribution in [0.4, 0.5) is 0 Å². The summed E-state index contributed by atoms with van der Waals surface area (Å²) in [4.78, 5) is 10.7. The van der Waals surface area contributed by atoms with Crippen molar-refractivity contribution in [1.29, 1.82) is 0 Å². The molecule has 1 aliphatic rings. The molecule has 1 aliphatic heterocycles. The second-order valence-electron chi connectivity index (χ2n) is 3.26. The molecule has 1 aromatic rings. The molecule has 14 heavy (non-hydrogen) atoms. The van der Waals surface area contributed by atoms with Crippen molar-refractivity contribution in [2.24, 2.45) is 0 Å². The third-order valence-electron chi connectivity index (χ3n) is 2.28. The quantitative estimate of drug-likeness (QED) is 0.721. The molecule has 0 saturated heterocycles. The number of carbonyl (C=O) groups is 1. The van der Waals surface area contributed by atoms with Gasteiger partial charge in [-0.1, -0.05) is 0 Å². The SMILES string of the molecule is O=C(O)c1ccc2n1CCS(=O)(=O)C2. The van der Waals surface area contributed by atoms with Crippen molar-refractivity contribution in [2.45, 2.75) is 12.3 Å². The van der Waals surface area contributed by atoms with E-state index in [1.54, 1.807) is 10.6 Å². The van der Waals surface area contributed by atoms with Crippen LogP contribution in [0.5, 0.6) is 0 Å². The van der Waals surface area contributed by atoms with Gasteiger partial charge in [0.1, 0.15) is 5.69 Å². The van der Waals surface area contributed by atoms with Crippen molar-refractivity contribution < 1.29 is 18.3 Å². The molecule has 0 amide bonds. The number of aromatic carboxylic acids is 1. The minimum Gasteiger partial charge on any atom is -0.477 e. The van der Waals surface area contributed by atoms with Gasteiger partial charge >= 0.3 is 5.97 Å². The molecule has 0 aliphatic carbocycles. The number of hydrogen-bond acceptors (Lipinski definition) is 3. The first kappa shape index (κ1) is 9.26. The fourth-order valence-corrected chi connectivity index (χ4v) is 2.92. The van der Waals surface area contributed by atoms with Crippen LogP contribution in [0.3, 0.4) is 0 Å². The van der Waals surface area contributed by atoms with Crippen LogP contribution in [0.15, 0.2) is 12.1 Å². The molecular weight excluding hydrogens is 206 g/mol. The minimum absolute atomic E-state index is 0.0228. The smallest absolute Gasteiger partial charge is 0.352 e. The van der Waals surface area contributed by atoms with Gasteiger partial charge in [-0.05, 0) is 12.1 Å². The lowest BCUT2D eigenvalue weighted by Gasteiger charge is -2.16. The molecule has 0 radical (unpaired) electrons. The predicted molar refractivity (Wildman–Crippen MR) is 48.9 cm³/mol. The Balaban J connectivity index is 2.49. The Morgan fingerprint density at radius 1 is 1.43 bits per heavy atom. The number of sulfone groups is 1. The minimum atomic E-state index is -3.02. The zero-order chi connectivity index (χ0) is 10.3. The maximum Gasteiger partial charge on any atom is 0.352 e. The second kappa shape index (κ2) is 2.84. The molecular formula is C8H9NO4S. The highest BCUT2D eigenvalue weighted by Gasteiger charge is 2.24. The van der Waals surface area contributed by atoms with E-state index in [2.05, 4.69) is 0 Å². The largest absolute Gasteiger partial charge is 0.477 e. The molecule has 5 nitrogen and oxygen atoms in total. The fraction of sp³-hybridized carbons (Fsp3) is 0.375. The van der Waals surface area contributed by atoms with E-state index in [4.69, 9.17) is 5.11 Å². The molecule has 0 saturated carbocycles. The Labute approximate surface area is 80.9 Å². The molecule has 0 spiro atoms. The standard InChI is InChI=1S/C8H9NO4S/c10-8(11)7-2-1-6-5-14(12,13)4-3-9(6)7/h1-2H,3-5H2,(H,10,11). The first-order valence-electron chi connectivity index (χ1n) is 4.12. The lowest BCUT2D eigenvalue weighted by molar-refractivity contribution is 0.0685. The van der Waals surface area contributed by atoms with Crippen LogP contribution >= 0.6 is 0 Å². The third kappa shape index (κ3) is 1.41. The molecule has 6 heteroatoms. The maximum atomic E-state index is 11.2. The van der Waals surface area contributed by atoms with Gasteiger partial charge in [-0.25, -0.2) is 13.2 Å². The molecule has 1 N–H and O–H groups in total. The molecule has 0 fully saturated rings. The lowest BCUT2D eigenvalue weighted by Crippen LogP contribution is -2.25. The maximum absolute atomic E-state index is 11.2. The van der Waals surface area contributed by atoms with E-state index in [0.717, 1.165) is 0 Å². The second-order valence-corrected chi connectivity index (χ2v) is 5.44. The van der Waals surface area contributed by atoms with Crippen LogP contribution in [0.1, 0.15) is 16.2 Å². The van der Waals surface area contributed by atoms with E-state index >= 15 is 0 Å². The van der Waals surface area contributed by atoms with Gasteiger partial charge in [0.15, 0.2) is 9.84 Å². The van der Waals surface area contributed by atoms with Crippen molar-refractivity contribution in [3.63, 3.8) is 0 Å². The number of fused-ring (bicyclic) bond motifs is 1. The fourth-order valence-electron chi connectivity index (χ4n) is 1.61. The first-order chi connectivity index (χ1) is 6.49. The number of nitrogens with zero attached hydrogens (tertiary/aromatic N) is 1. The van der Waals surface area contributed by atoms with Crippen LogP contribution in [-0.4, -0.2) is 29.8 Å². The van der Waals surface area contributed by atoms with Gasteiger partial charge < -0.3 is 9.67 Å². The van der Waals surface area contributed by atoms with Gasteiger partial charge in [0, 0.05) is 12.2 Å². The number of aromatic nitrogens is 1. The molecule has 0 atom stereocenters. The van der Waals surface area contributed by atoms with Gasteiger partial charge in [-0.2, -0.15) is 0 Å². The zero-order valence-corrected chi connectivity index (χ0v) is 8.12. The van der Waals surface area contributed by atoms with E-state index in [-0.39, 0.29) is 23.7 Å². The Morgan fingerprint density at radius 3 is 2.79 bits per heavy atom. The molecule has 2 rings (SSSR count). The molecule has 2 heterocycles. The Kier molecular flexibility index (Phi) is 1.88. The van der Waals surface area contributed by atoms with Gasteiger partial charge in [0.05, 0.1) is 11.5 Å². The van der Waals surface area contributed by atoms with Crippen molar-refractivity contribution in [3.8, 4) is 0 Å².